The molecule has 2 aromatic heterocycles. The number of para-hydroxylation sites is 1. The molecule has 3 atom stereocenters. The number of nitrogens with one attached hydrogen (secondary N) is 1. The highest BCUT2D eigenvalue weighted by atomic mass is 35.5. The van der Waals surface area contributed by atoms with Gasteiger partial charge in [0.1, 0.15) is 35.5 Å². The van der Waals surface area contributed by atoms with Gasteiger partial charge in [0.15, 0.2) is 5.82 Å². The highest BCUT2D eigenvalue weighted by Crippen LogP contribution is 2.46. The van der Waals surface area contributed by atoms with Gasteiger partial charge in [-0.25, -0.2) is 14.5 Å². The molecule has 0 fully saturated rings. The Morgan fingerprint density at radius 1 is 1.11 bits per heavy atom. The van der Waals surface area contributed by atoms with Crippen LogP contribution < -0.4 is 15.3 Å². The number of nitrogen functional groups attached to an aromatic ring is 1. The van der Waals surface area contributed by atoms with E-state index in [1.54, 1.807) is 30.5 Å². The van der Waals surface area contributed by atoms with Gasteiger partial charge in [-0.2, -0.15) is 5.09 Å². The summed E-state index contributed by atoms with van der Waals surface area (Å²) in [4.78, 5) is 21.8. The fourth-order valence-electron chi connectivity index (χ4n) is 5.01. The number of carbonyl (C=O) groups excluding carboxylic acids is 1. The second kappa shape index (κ2) is 14.9. The number of hydrogen-bond acceptors (Lipinski definition) is 10. The molecular weight excluding hydrogens is 621 g/mol. The largest absolute Gasteiger partial charge is 0.462 e. The van der Waals surface area contributed by atoms with Crippen LogP contribution in [-0.4, -0.2) is 51.0 Å². The molecule has 2 aromatic carbocycles. The number of fused-ring (bicyclic) bond motifs is 3. The molecule has 14 heteroatoms. The van der Waals surface area contributed by atoms with E-state index in [1.165, 1.54) is 19.1 Å². The quantitative estimate of drug-likeness (QED) is 0.0910. The van der Waals surface area contributed by atoms with E-state index >= 15 is 0 Å². The molecule has 4 aromatic rings. The van der Waals surface area contributed by atoms with Crippen LogP contribution in [0.15, 0.2) is 48.5 Å². The highest BCUT2D eigenvalue weighted by molar-refractivity contribution is 7.52. The van der Waals surface area contributed by atoms with Gasteiger partial charge in [0.05, 0.1) is 23.7 Å². The van der Waals surface area contributed by atoms with Crippen LogP contribution in [0.2, 0.25) is 5.02 Å². The Morgan fingerprint density at radius 3 is 2.49 bits per heavy atom. The summed E-state index contributed by atoms with van der Waals surface area (Å²) in [5.74, 6) is 0.260. The third kappa shape index (κ3) is 8.32. The number of halogens is 1. The Hall–Kier alpha value is -3.25. The fraction of sp³-hybridized carbons (Fsp3) is 0.452. The van der Waals surface area contributed by atoms with Gasteiger partial charge in [-0.05, 0) is 64.4 Å². The number of hydrogen-bond donors (Lipinski definition) is 3. The van der Waals surface area contributed by atoms with Crippen LogP contribution in [0.1, 0.15) is 59.7 Å². The number of imidazole rings is 1. The van der Waals surface area contributed by atoms with E-state index in [2.05, 4.69) is 10.1 Å². The minimum atomic E-state index is -4.20. The number of esters is 1. The van der Waals surface area contributed by atoms with Gasteiger partial charge in [0.25, 0.3) is 0 Å². The van der Waals surface area contributed by atoms with Crippen molar-refractivity contribution < 1.29 is 33.0 Å². The summed E-state index contributed by atoms with van der Waals surface area (Å²) < 4.78 is 38.5. The van der Waals surface area contributed by atoms with Crippen LogP contribution in [-0.2, 0) is 35.7 Å². The van der Waals surface area contributed by atoms with E-state index in [1.807, 2.05) is 38.1 Å². The van der Waals surface area contributed by atoms with Crippen molar-refractivity contribution in [3.05, 3.63) is 59.4 Å². The van der Waals surface area contributed by atoms with Crippen LogP contribution >= 0.6 is 19.3 Å². The van der Waals surface area contributed by atoms with Crippen LogP contribution in [0, 0.1) is 0 Å². The predicted molar refractivity (Wildman–Crippen MR) is 174 cm³/mol. The SMILES string of the molecule is CCC[C@](O)(CCO[P@](=O)(N[C@@H](C)C(=O)OC(C)C)Oc1ccc(Cl)cc1)n1c(COCC)nc2c(N)nc3ccccc3c21. The fourth-order valence-corrected chi connectivity index (χ4v) is 6.63. The zero-order valence-electron chi connectivity index (χ0n) is 26.2. The van der Waals surface area contributed by atoms with E-state index in [0.717, 1.165) is 5.39 Å². The molecule has 0 saturated carbocycles. The Bertz CT molecular complexity index is 1670. The van der Waals surface area contributed by atoms with E-state index < -0.39 is 25.5 Å². The molecule has 0 amide bonds. The van der Waals surface area contributed by atoms with Crippen molar-refractivity contribution in [1.29, 1.82) is 0 Å². The van der Waals surface area contributed by atoms with Crippen molar-refractivity contribution in [3.63, 3.8) is 0 Å². The summed E-state index contributed by atoms with van der Waals surface area (Å²) in [6, 6.07) is 12.7. The first-order chi connectivity index (χ1) is 21.4. The van der Waals surface area contributed by atoms with E-state index in [9.17, 15) is 14.5 Å². The minimum absolute atomic E-state index is 0.0253. The zero-order chi connectivity index (χ0) is 32.8. The molecule has 0 saturated heterocycles. The maximum atomic E-state index is 14.1. The number of benzene rings is 2. The van der Waals surface area contributed by atoms with Crippen LogP contribution in [0.3, 0.4) is 0 Å². The third-order valence-electron chi connectivity index (χ3n) is 6.95. The predicted octanol–water partition coefficient (Wildman–Crippen LogP) is 6.33. The monoisotopic (exact) mass is 661 g/mol. The second-order valence-corrected chi connectivity index (χ2v) is 13.0. The van der Waals surface area contributed by atoms with Gasteiger partial charge < -0.3 is 24.8 Å². The molecule has 0 spiro atoms. The smallest absolute Gasteiger partial charge is 0.459 e. The van der Waals surface area contributed by atoms with Crippen molar-refractivity contribution >= 4 is 53.1 Å². The molecule has 0 aliphatic heterocycles. The van der Waals surface area contributed by atoms with Crippen LogP contribution in [0.4, 0.5) is 5.82 Å². The first-order valence-electron chi connectivity index (χ1n) is 14.9. The van der Waals surface area contributed by atoms with Gasteiger partial charge in [-0.3, -0.25) is 13.9 Å². The number of aliphatic hydroxyl groups is 1. The molecule has 0 aliphatic rings. The third-order valence-corrected chi connectivity index (χ3v) is 8.88. The first-order valence-corrected chi connectivity index (χ1v) is 16.9. The van der Waals surface area contributed by atoms with Crippen molar-refractivity contribution in [2.24, 2.45) is 0 Å². The maximum Gasteiger partial charge on any atom is 0.459 e. The molecule has 45 heavy (non-hydrogen) atoms. The van der Waals surface area contributed by atoms with Crippen molar-refractivity contribution in [3.8, 4) is 5.75 Å². The van der Waals surface area contributed by atoms with E-state index in [-0.39, 0.29) is 37.3 Å². The number of anilines is 1. The maximum absolute atomic E-state index is 14.1. The van der Waals surface area contributed by atoms with Crippen molar-refractivity contribution in [1.82, 2.24) is 19.6 Å². The molecule has 4 N–H and O–H groups in total. The van der Waals surface area contributed by atoms with E-state index in [0.29, 0.717) is 46.8 Å². The number of pyridine rings is 1. The lowest BCUT2D eigenvalue weighted by Crippen LogP contribution is -2.38. The average molecular weight is 662 g/mol. The van der Waals surface area contributed by atoms with E-state index in [4.69, 9.17) is 40.8 Å². The Labute approximate surface area is 267 Å². The first kappa shape index (κ1) is 34.6. The lowest BCUT2D eigenvalue weighted by atomic mass is 10.0. The lowest BCUT2D eigenvalue weighted by Gasteiger charge is -2.33. The number of ether oxygens (including phenoxy) is 2. The molecule has 12 nitrogen and oxygen atoms in total. The molecule has 0 radical (unpaired) electrons. The zero-order valence-corrected chi connectivity index (χ0v) is 27.8. The van der Waals surface area contributed by atoms with Crippen molar-refractivity contribution in [2.75, 3.05) is 18.9 Å². The van der Waals surface area contributed by atoms with Crippen molar-refractivity contribution in [2.45, 2.75) is 78.4 Å². The summed E-state index contributed by atoms with van der Waals surface area (Å²) in [7, 11) is -4.20. The summed E-state index contributed by atoms with van der Waals surface area (Å²) in [6.07, 6.45) is 0.490. The number of nitrogens with zero attached hydrogens (tertiary/aromatic N) is 3. The Balaban J connectivity index is 1.71. The van der Waals surface area contributed by atoms with Gasteiger partial charge >= 0.3 is 13.7 Å². The summed E-state index contributed by atoms with van der Waals surface area (Å²) in [5.41, 5.74) is 6.47. The van der Waals surface area contributed by atoms with Gasteiger partial charge in [0, 0.05) is 23.4 Å². The molecule has 0 unspecified atom stereocenters. The van der Waals surface area contributed by atoms with Gasteiger partial charge in [0.2, 0.25) is 0 Å². The van der Waals surface area contributed by atoms with Crippen LogP contribution in [0.5, 0.6) is 5.75 Å². The summed E-state index contributed by atoms with van der Waals surface area (Å²) >= 11 is 6.01. The number of carbonyl (C=O) groups is 1. The topological polar surface area (TPSA) is 160 Å². The van der Waals surface area contributed by atoms with Gasteiger partial charge in [-0.1, -0.05) is 43.1 Å². The number of rotatable bonds is 16. The Kier molecular flexibility index (Phi) is 11.5. The normalized spacial score (nSPS) is 15.2. The molecule has 0 bridgehead atoms. The highest BCUT2D eigenvalue weighted by Gasteiger charge is 2.37. The molecule has 244 valence electrons. The average Bonchev–Trinajstić information content (AvgIpc) is 3.38. The van der Waals surface area contributed by atoms with Crippen LogP contribution in [0.25, 0.3) is 21.9 Å². The summed E-state index contributed by atoms with van der Waals surface area (Å²) in [6.45, 7) is 9.06. The molecule has 0 aliphatic carbocycles. The number of nitrogens with two attached hydrogens (primary N) is 1. The molecule has 2 heterocycles. The standard InChI is InChI=1S/C31H41ClN5O7P/c1-6-16-31(39,37-26(19-41-7-2)35-27-28(37)24-10-8-9-11-25(24)34-29(27)33)17-18-42-45(40,36-21(5)30(38)43-20(3)4)44-23-14-12-22(32)13-15-23/h8-15,20-21,39H,6-7,16-19H2,1-5H3,(H2,33,34)(H,36,40)/t21-,31-,45+/m0/s1. The minimum Gasteiger partial charge on any atom is -0.462 e. The molecule has 4 rings (SSSR count). The second-order valence-electron chi connectivity index (χ2n) is 10.9. The van der Waals surface area contributed by atoms with Gasteiger partial charge in [-0.15, -0.1) is 0 Å². The Morgan fingerprint density at radius 2 is 1.82 bits per heavy atom. The number of aromatic nitrogens is 3. The summed E-state index contributed by atoms with van der Waals surface area (Å²) in [5, 5.41) is 16.3. The lowest BCUT2D eigenvalue weighted by molar-refractivity contribution is -0.149. The molecular formula is C31H41ClN5O7P.